The molecule has 5 rings (SSSR count). The number of pyridine rings is 1. The molecule has 0 atom stereocenters. The van der Waals surface area contributed by atoms with Gasteiger partial charge in [-0.2, -0.15) is 5.26 Å². The van der Waals surface area contributed by atoms with Gasteiger partial charge in [-0.25, -0.2) is 9.37 Å². The highest BCUT2D eigenvalue weighted by Crippen LogP contribution is 2.33. The Kier molecular flexibility index (Phi) is 3.08. The van der Waals surface area contributed by atoms with Gasteiger partial charge in [0, 0.05) is 47.4 Å². The third-order valence-corrected chi connectivity index (χ3v) is 5.39. The smallest absolute Gasteiger partial charge is 0.147 e. The van der Waals surface area contributed by atoms with Crippen molar-refractivity contribution in [2.75, 3.05) is 11.4 Å². The Morgan fingerprint density at radius 3 is 3.00 bits per heavy atom. The molecule has 0 bridgehead atoms. The summed E-state index contributed by atoms with van der Waals surface area (Å²) in [5, 5.41) is 10.5. The number of rotatable bonds is 1. The first-order chi connectivity index (χ1) is 12.2. The number of anilines is 1. The van der Waals surface area contributed by atoms with E-state index >= 15 is 0 Å². The van der Waals surface area contributed by atoms with E-state index in [1.165, 1.54) is 11.6 Å². The average molecular weight is 332 g/mol. The van der Waals surface area contributed by atoms with Crippen molar-refractivity contribution in [1.82, 2.24) is 9.97 Å². The van der Waals surface area contributed by atoms with E-state index in [4.69, 9.17) is 4.98 Å². The predicted molar refractivity (Wildman–Crippen MR) is 94.0 cm³/mol. The van der Waals surface area contributed by atoms with Crippen LogP contribution in [0.2, 0.25) is 0 Å². The van der Waals surface area contributed by atoms with Crippen molar-refractivity contribution in [3.8, 4) is 6.07 Å². The lowest BCUT2D eigenvalue weighted by Crippen LogP contribution is -2.31. The normalized spacial score (nSPS) is 15.9. The minimum absolute atomic E-state index is 0.222. The van der Waals surface area contributed by atoms with Gasteiger partial charge >= 0.3 is 0 Å². The van der Waals surface area contributed by atoms with Crippen LogP contribution in [0.15, 0.2) is 24.3 Å². The van der Waals surface area contributed by atoms with Gasteiger partial charge in [0.25, 0.3) is 0 Å². The molecule has 0 unspecified atom stereocenters. The second kappa shape index (κ2) is 5.32. The van der Waals surface area contributed by atoms with Crippen molar-refractivity contribution in [3.05, 3.63) is 58.2 Å². The van der Waals surface area contributed by atoms with E-state index < -0.39 is 0 Å². The van der Waals surface area contributed by atoms with Crippen molar-refractivity contribution < 1.29 is 4.39 Å². The predicted octanol–water partition coefficient (Wildman–Crippen LogP) is 3.63. The Bertz CT molecular complexity index is 1040. The molecule has 5 heteroatoms. The summed E-state index contributed by atoms with van der Waals surface area (Å²) in [5.74, 6) is 0.555. The lowest BCUT2D eigenvalue weighted by molar-refractivity contribution is 0.629. The summed E-state index contributed by atoms with van der Waals surface area (Å²) in [6, 6.07) is 9.19. The van der Waals surface area contributed by atoms with E-state index in [0.29, 0.717) is 12.1 Å². The second-order valence-electron chi connectivity index (χ2n) is 6.87. The summed E-state index contributed by atoms with van der Waals surface area (Å²) in [6.07, 6.45) is 3.96. The van der Waals surface area contributed by atoms with Crippen LogP contribution in [0.1, 0.15) is 34.5 Å². The standard InChI is InChI=1S/C20H17FN4/c21-14-4-5-18-15(9-14)16-11-25(7-6-19(16)23-18)20-13(10-22)8-12-2-1-3-17(12)24-20/h4-5,8-9,23H,1-3,6-7,11H2. The Balaban J connectivity index is 1.59. The summed E-state index contributed by atoms with van der Waals surface area (Å²) in [7, 11) is 0. The SMILES string of the molecule is N#Cc1cc2c(nc1N1CCc3[nH]c4ccc(F)cc4c3C1)CCC2. The van der Waals surface area contributed by atoms with Crippen LogP contribution in [0.25, 0.3) is 10.9 Å². The van der Waals surface area contributed by atoms with Crippen molar-refractivity contribution in [2.45, 2.75) is 32.2 Å². The van der Waals surface area contributed by atoms with E-state index in [9.17, 15) is 9.65 Å². The molecule has 0 amide bonds. The third-order valence-electron chi connectivity index (χ3n) is 5.39. The van der Waals surface area contributed by atoms with Crippen LogP contribution in [0.5, 0.6) is 0 Å². The van der Waals surface area contributed by atoms with Gasteiger partial charge < -0.3 is 9.88 Å². The van der Waals surface area contributed by atoms with E-state index in [0.717, 1.165) is 65.9 Å². The molecule has 0 radical (unpaired) electrons. The maximum Gasteiger partial charge on any atom is 0.147 e. The van der Waals surface area contributed by atoms with Gasteiger partial charge in [0.15, 0.2) is 0 Å². The molecule has 0 spiro atoms. The monoisotopic (exact) mass is 332 g/mol. The highest BCUT2D eigenvalue weighted by atomic mass is 19.1. The molecule has 1 aliphatic carbocycles. The molecule has 0 fully saturated rings. The molecular weight excluding hydrogens is 315 g/mol. The van der Waals surface area contributed by atoms with Crippen LogP contribution in [-0.4, -0.2) is 16.5 Å². The number of nitriles is 1. The van der Waals surface area contributed by atoms with Crippen molar-refractivity contribution >= 4 is 16.7 Å². The number of nitrogens with one attached hydrogen (secondary N) is 1. The van der Waals surface area contributed by atoms with Crippen LogP contribution in [0.4, 0.5) is 10.2 Å². The van der Waals surface area contributed by atoms with Gasteiger partial charge in [-0.05, 0) is 49.1 Å². The van der Waals surface area contributed by atoms with E-state index in [1.807, 2.05) is 6.07 Å². The molecule has 1 aromatic carbocycles. The number of fused-ring (bicyclic) bond motifs is 4. The number of nitrogens with zero attached hydrogens (tertiary/aromatic N) is 3. The third kappa shape index (κ3) is 2.21. The van der Waals surface area contributed by atoms with Crippen LogP contribution >= 0.6 is 0 Å². The molecule has 3 aromatic rings. The zero-order valence-corrected chi connectivity index (χ0v) is 13.8. The number of hydrogen-bond donors (Lipinski definition) is 1. The van der Waals surface area contributed by atoms with Gasteiger partial charge in [0.2, 0.25) is 0 Å². The summed E-state index contributed by atoms with van der Waals surface area (Å²) in [5.41, 5.74) is 6.24. The first-order valence-corrected chi connectivity index (χ1v) is 8.70. The molecule has 1 N–H and O–H groups in total. The molecule has 2 aliphatic rings. The van der Waals surface area contributed by atoms with Gasteiger partial charge in [0.1, 0.15) is 17.7 Å². The van der Waals surface area contributed by atoms with Gasteiger partial charge in [-0.1, -0.05) is 0 Å². The number of halogens is 1. The topological polar surface area (TPSA) is 55.7 Å². The number of hydrogen-bond acceptors (Lipinski definition) is 3. The Labute approximate surface area is 144 Å². The van der Waals surface area contributed by atoms with Crippen molar-refractivity contribution in [1.29, 1.82) is 5.26 Å². The van der Waals surface area contributed by atoms with Crippen molar-refractivity contribution in [3.63, 3.8) is 0 Å². The molecule has 1 aliphatic heterocycles. The molecule has 25 heavy (non-hydrogen) atoms. The number of aromatic amines is 1. The fourth-order valence-corrected chi connectivity index (χ4v) is 4.15. The Morgan fingerprint density at radius 2 is 2.12 bits per heavy atom. The lowest BCUT2D eigenvalue weighted by Gasteiger charge is -2.29. The van der Waals surface area contributed by atoms with Crippen LogP contribution in [-0.2, 0) is 25.8 Å². The quantitative estimate of drug-likeness (QED) is 0.740. The van der Waals surface area contributed by atoms with E-state index in [2.05, 4.69) is 16.0 Å². The molecule has 4 nitrogen and oxygen atoms in total. The van der Waals surface area contributed by atoms with Crippen LogP contribution in [0.3, 0.4) is 0 Å². The van der Waals surface area contributed by atoms with Gasteiger partial charge in [0.05, 0.1) is 5.56 Å². The molecule has 0 saturated carbocycles. The van der Waals surface area contributed by atoms with Gasteiger partial charge in [-0.3, -0.25) is 0 Å². The molecule has 2 aromatic heterocycles. The Morgan fingerprint density at radius 1 is 1.20 bits per heavy atom. The molecular formula is C20H17FN4. The highest BCUT2D eigenvalue weighted by molar-refractivity contribution is 5.85. The van der Waals surface area contributed by atoms with Crippen LogP contribution < -0.4 is 4.90 Å². The Hall–Kier alpha value is -2.87. The maximum atomic E-state index is 13.7. The number of aryl methyl sites for hydroxylation is 2. The summed E-state index contributed by atoms with van der Waals surface area (Å²) >= 11 is 0. The molecule has 124 valence electrons. The fraction of sp³-hybridized carbons (Fsp3) is 0.300. The van der Waals surface area contributed by atoms with Gasteiger partial charge in [-0.15, -0.1) is 0 Å². The van der Waals surface area contributed by atoms with Crippen LogP contribution in [0, 0.1) is 17.1 Å². The largest absolute Gasteiger partial charge is 0.358 e. The fourth-order valence-electron chi connectivity index (χ4n) is 4.15. The average Bonchev–Trinajstić information content (AvgIpc) is 3.23. The second-order valence-corrected chi connectivity index (χ2v) is 6.87. The zero-order chi connectivity index (χ0) is 17.0. The summed E-state index contributed by atoms with van der Waals surface area (Å²) in [4.78, 5) is 10.4. The molecule has 0 saturated heterocycles. The minimum atomic E-state index is -0.222. The summed E-state index contributed by atoms with van der Waals surface area (Å²) < 4.78 is 13.7. The number of aromatic nitrogens is 2. The molecule has 3 heterocycles. The maximum absolute atomic E-state index is 13.7. The first kappa shape index (κ1) is 14.5. The lowest BCUT2D eigenvalue weighted by atomic mass is 10.0. The minimum Gasteiger partial charge on any atom is -0.358 e. The van der Waals surface area contributed by atoms with Crippen molar-refractivity contribution in [2.24, 2.45) is 0 Å². The first-order valence-electron chi connectivity index (χ1n) is 8.70. The summed E-state index contributed by atoms with van der Waals surface area (Å²) in [6.45, 7) is 1.46. The van der Waals surface area contributed by atoms with E-state index in [-0.39, 0.29) is 5.82 Å². The number of H-pyrrole nitrogens is 1. The number of benzene rings is 1. The van der Waals surface area contributed by atoms with E-state index in [1.54, 1.807) is 12.1 Å². The zero-order valence-electron chi connectivity index (χ0n) is 13.8. The highest BCUT2D eigenvalue weighted by Gasteiger charge is 2.25.